The number of aliphatic hydroxyl groups excluding tert-OH is 1. The number of methoxy groups -OCH3 is 1. The molecule has 0 bridgehead atoms. The molecular weight excluding hydrogens is 164 g/mol. The van der Waals surface area contributed by atoms with Gasteiger partial charge in [-0.25, -0.2) is 0 Å². The van der Waals surface area contributed by atoms with Crippen LogP contribution in [-0.4, -0.2) is 18.8 Å². The van der Waals surface area contributed by atoms with Gasteiger partial charge in [0.05, 0.1) is 7.11 Å². The fraction of sp³-hybridized carbons (Fsp3) is 0.455. The lowest BCUT2D eigenvalue weighted by molar-refractivity contribution is 0.278. The molecule has 1 aromatic carbocycles. The molecule has 0 spiro atoms. The fourth-order valence-corrected chi connectivity index (χ4v) is 1.29. The number of aliphatic hydroxyl groups is 1. The van der Waals surface area contributed by atoms with E-state index in [0.29, 0.717) is 5.92 Å². The van der Waals surface area contributed by atoms with Gasteiger partial charge in [-0.15, -0.1) is 0 Å². The summed E-state index contributed by atoms with van der Waals surface area (Å²) < 4.78 is 5.06. The van der Waals surface area contributed by atoms with Gasteiger partial charge in [-0.1, -0.05) is 19.1 Å². The number of hydrogen-bond acceptors (Lipinski definition) is 2. The third-order valence-electron chi connectivity index (χ3n) is 2.25. The van der Waals surface area contributed by atoms with Crippen molar-refractivity contribution in [2.24, 2.45) is 0 Å². The van der Waals surface area contributed by atoms with Gasteiger partial charge in [-0.2, -0.15) is 0 Å². The highest BCUT2D eigenvalue weighted by atomic mass is 16.5. The number of benzene rings is 1. The normalized spacial score (nSPS) is 12.5. The lowest BCUT2D eigenvalue weighted by Gasteiger charge is -2.10. The molecule has 0 fully saturated rings. The molecule has 72 valence electrons. The molecular formula is C11H16O2. The van der Waals surface area contributed by atoms with Crippen molar-refractivity contribution in [2.45, 2.75) is 19.3 Å². The maximum atomic E-state index is 8.77. The summed E-state index contributed by atoms with van der Waals surface area (Å²) in [5.74, 6) is 1.29. The molecule has 0 heterocycles. The lowest BCUT2D eigenvalue weighted by atomic mass is 9.98. The third kappa shape index (κ3) is 2.74. The van der Waals surface area contributed by atoms with Gasteiger partial charge in [-0.3, -0.25) is 0 Å². The molecule has 0 aliphatic rings. The van der Waals surface area contributed by atoms with Crippen LogP contribution in [0.5, 0.6) is 5.75 Å². The van der Waals surface area contributed by atoms with Gasteiger partial charge in [-0.05, 0) is 30.0 Å². The Hall–Kier alpha value is -1.02. The first-order chi connectivity index (χ1) is 6.27. The zero-order valence-corrected chi connectivity index (χ0v) is 8.16. The molecule has 0 unspecified atom stereocenters. The first-order valence-electron chi connectivity index (χ1n) is 4.52. The predicted molar refractivity (Wildman–Crippen MR) is 53.1 cm³/mol. The predicted octanol–water partition coefficient (Wildman–Crippen LogP) is 2.18. The lowest BCUT2D eigenvalue weighted by Crippen LogP contribution is -1.96. The quantitative estimate of drug-likeness (QED) is 0.769. The molecule has 0 amide bonds. The van der Waals surface area contributed by atoms with Crippen molar-refractivity contribution in [3.63, 3.8) is 0 Å². The first-order valence-corrected chi connectivity index (χ1v) is 4.52. The van der Waals surface area contributed by atoms with E-state index in [1.807, 2.05) is 24.3 Å². The van der Waals surface area contributed by atoms with Crippen LogP contribution in [0.15, 0.2) is 24.3 Å². The highest BCUT2D eigenvalue weighted by Gasteiger charge is 2.03. The molecule has 0 aromatic heterocycles. The van der Waals surface area contributed by atoms with Crippen LogP contribution in [0.3, 0.4) is 0 Å². The van der Waals surface area contributed by atoms with E-state index in [4.69, 9.17) is 9.84 Å². The zero-order valence-electron chi connectivity index (χ0n) is 8.16. The van der Waals surface area contributed by atoms with Crippen molar-refractivity contribution in [1.82, 2.24) is 0 Å². The van der Waals surface area contributed by atoms with Crippen LogP contribution in [0.2, 0.25) is 0 Å². The van der Waals surface area contributed by atoms with Gasteiger partial charge in [0.15, 0.2) is 0 Å². The molecule has 0 radical (unpaired) electrons. The molecule has 1 aromatic rings. The first kappa shape index (κ1) is 10.1. The topological polar surface area (TPSA) is 29.5 Å². The summed E-state index contributed by atoms with van der Waals surface area (Å²) in [5.41, 5.74) is 1.25. The summed E-state index contributed by atoms with van der Waals surface area (Å²) in [5, 5.41) is 8.77. The zero-order chi connectivity index (χ0) is 9.68. The highest BCUT2D eigenvalue weighted by molar-refractivity contribution is 5.28. The Morgan fingerprint density at radius 1 is 1.31 bits per heavy atom. The van der Waals surface area contributed by atoms with Gasteiger partial charge in [0.2, 0.25) is 0 Å². The molecule has 1 rings (SSSR count). The van der Waals surface area contributed by atoms with Crippen molar-refractivity contribution < 1.29 is 9.84 Å². The number of ether oxygens (including phenoxy) is 1. The van der Waals surface area contributed by atoms with Crippen molar-refractivity contribution in [3.05, 3.63) is 29.8 Å². The Balaban J connectivity index is 2.67. The summed E-state index contributed by atoms with van der Waals surface area (Å²) in [6, 6.07) is 7.98. The van der Waals surface area contributed by atoms with Crippen LogP contribution in [0.4, 0.5) is 0 Å². The number of hydrogen-bond donors (Lipinski definition) is 1. The average Bonchev–Trinajstić information content (AvgIpc) is 2.18. The Morgan fingerprint density at radius 3 is 2.38 bits per heavy atom. The van der Waals surface area contributed by atoms with E-state index < -0.39 is 0 Å². The van der Waals surface area contributed by atoms with E-state index in [2.05, 4.69) is 6.92 Å². The van der Waals surface area contributed by atoms with Gasteiger partial charge < -0.3 is 9.84 Å². The Bertz CT molecular complexity index is 241. The smallest absolute Gasteiger partial charge is 0.118 e. The molecule has 0 saturated heterocycles. The van der Waals surface area contributed by atoms with Crippen LogP contribution < -0.4 is 4.74 Å². The third-order valence-corrected chi connectivity index (χ3v) is 2.25. The van der Waals surface area contributed by atoms with E-state index >= 15 is 0 Å². The average molecular weight is 180 g/mol. The Kier molecular flexibility index (Phi) is 3.77. The van der Waals surface area contributed by atoms with Crippen LogP contribution in [0.1, 0.15) is 24.8 Å². The monoisotopic (exact) mass is 180 g/mol. The van der Waals surface area contributed by atoms with Crippen molar-refractivity contribution in [3.8, 4) is 5.75 Å². The summed E-state index contributed by atoms with van der Waals surface area (Å²) in [6.45, 7) is 2.35. The Labute approximate surface area is 79.2 Å². The summed E-state index contributed by atoms with van der Waals surface area (Å²) >= 11 is 0. The van der Waals surface area contributed by atoms with E-state index in [0.717, 1.165) is 12.2 Å². The maximum Gasteiger partial charge on any atom is 0.118 e. The van der Waals surface area contributed by atoms with E-state index in [9.17, 15) is 0 Å². The summed E-state index contributed by atoms with van der Waals surface area (Å²) in [6.07, 6.45) is 0.812. The minimum Gasteiger partial charge on any atom is -0.497 e. The van der Waals surface area contributed by atoms with Crippen LogP contribution >= 0.6 is 0 Å². The molecule has 0 saturated carbocycles. The van der Waals surface area contributed by atoms with E-state index in [1.54, 1.807) is 7.11 Å². The number of rotatable bonds is 4. The molecule has 0 aliphatic heterocycles. The second kappa shape index (κ2) is 4.87. The summed E-state index contributed by atoms with van der Waals surface area (Å²) in [4.78, 5) is 0. The van der Waals surface area contributed by atoms with Crippen LogP contribution in [0.25, 0.3) is 0 Å². The Morgan fingerprint density at radius 2 is 1.92 bits per heavy atom. The van der Waals surface area contributed by atoms with Gasteiger partial charge in [0.25, 0.3) is 0 Å². The van der Waals surface area contributed by atoms with Gasteiger partial charge in [0, 0.05) is 6.61 Å². The van der Waals surface area contributed by atoms with Crippen molar-refractivity contribution in [1.29, 1.82) is 0 Å². The van der Waals surface area contributed by atoms with E-state index in [1.165, 1.54) is 5.56 Å². The largest absolute Gasteiger partial charge is 0.497 e. The minimum absolute atomic E-state index is 0.243. The fourth-order valence-electron chi connectivity index (χ4n) is 1.29. The molecule has 2 heteroatoms. The van der Waals surface area contributed by atoms with Crippen molar-refractivity contribution >= 4 is 0 Å². The molecule has 1 atom stereocenters. The minimum atomic E-state index is 0.243. The highest BCUT2D eigenvalue weighted by Crippen LogP contribution is 2.21. The van der Waals surface area contributed by atoms with Gasteiger partial charge in [0.1, 0.15) is 5.75 Å². The molecule has 0 aliphatic carbocycles. The SMILES string of the molecule is COc1ccc([C@@H](C)CCO)cc1. The van der Waals surface area contributed by atoms with E-state index in [-0.39, 0.29) is 6.61 Å². The van der Waals surface area contributed by atoms with Gasteiger partial charge >= 0.3 is 0 Å². The molecule has 1 N–H and O–H groups in total. The van der Waals surface area contributed by atoms with Crippen molar-refractivity contribution in [2.75, 3.05) is 13.7 Å². The molecule has 13 heavy (non-hydrogen) atoms. The van der Waals surface area contributed by atoms with Crippen LogP contribution in [0, 0.1) is 0 Å². The maximum absolute atomic E-state index is 8.77. The second-order valence-electron chi connectivity index (χ2n) is 3.19. The standard InChI is InChI=1S/C11H16O2/c1-9(7-8-12)10-3-5-11(13-2)6-4-10/h3-6,9,12H,7-8H2,1-2H3/t9-/m0/s1. The van der Waals surface area contributed by atoms with Crippen LogP contribution in [-0.2, 0) is 0 Å². The molecule has 2 nitrogen and oxygen atoms in total. The summed E-state index contributed by atoms with van der Waals surface area (Å²) in [7, 11) is 1.66. The second-order valence-corrected chi connectivity index (χ2v) is 3.19.